The van der Waals surface area contributed by atoms with Crippen molar-refractivity contribution in [2.75, 3.05) is 10.2 Å². The fourth-order valence-electron chi connectivity index (χ4n) is 5.56. The van der Waals surface area contributed by atoms with Gasteiger partial charge in [-0.05, 0) is 49.2 Å². The van der Waals surface area contributed by atoms with Gasteiger partial charge in [-0.1, -0.05) is 41.4 Å². The van der Waals surface area contributed by atoms with Gasteiger partial charge in [0.25, 0.3) is 0 Å². The van der Waals surface area contributed by atoms with Crippen molar-refractivity contribution in [2.24, 2.45) is 0 Å². The number of Topliss-reactive ketones (excluding diaryl/α,β-unsaturated/α-hetero) is 1. The van der Waals surface area contributed by atoms with Crippen LogP contribution in [0.1, 0.15) is 24.8 Å². The number of carbonyl (C=O) groups excluding carboxylic acids is 2. The number of hydrogen-bond donors (Lipinski definition) is 1. The van der Waals surface area contributed by atoms with Crippen molar-refractivity contribution < 1.29 is 9.59 Å². The molecule has 0 radical (unpaired) electrons. The highest BCUT2D eigenvalue weighted by atomic mass is 35.5. The Morgan fingerprint density at radius 2 is 1.69 bits per heavy atom. The van der Waals surface area contributed by atoms with E-state index in [1.807, 2.05) is 47.6 Å². The number of benzene rings is 2. The van der Waals surface area contributed by atoms with Crippen molar-refractivity contribution in [3.05, 3.63) is 99.4 Å². The normalized spacial score (nSPS) is 21.2. The first-order valence-corrected chi connectivity index (χ1v) is 11.9. The van der Waals surface area contributed by atoms with E-state index in [4.69, 9.17) is 23.2 Å². The fourth-order valence-corrected chi connectivity index (χ4v) is 6.08. The second-order valence-electron chi connectivity index (χ2n) is 8.71. The van der Waals surface area contributed by atoms with Crippen molar-refractivity contribution in [2.45, 2.75) is 24.7 Å². The lowest BCUT2D eigenvalue weighted by molar-refractivity contribution is -0.122. The number of para-hydroxylation sites is 1. The molecule has 1 unspecified atom stereocenters. The molecule has 0 saturated heterocycles. The van der Waals surface area contributed by atoms with Crippen molar-refractivity contribution in [1.82, 2.24) is 4.57 Å². The molecule has 2 aliphatic heterocycles. The molecule has 1 atom stereocenters. The monoisotopic (exact) mass is 500 g/mol. The zero-order chi connectivity index (χ0) is 24.3. The first-order chi connectivity index (χ1) is 17.0. The molecule has 35 heavy (non-hydrogen) atoms. The van der Waals surface area contributed by atoms with Crippen molar-refractivity contribution in [3.63, 3.8) is 0 Å². The second-order valence-corrected chi connectivity index (χ2v) is 9.58. The molecule has 1 aromatic heterocycles. The Labute approximate surface area is 211 Å². The van der Waals surface area contributed by atoms with Gasteiger partial charge in [-0.3, -0.25) is 14.5 Å². The van der Waals surface area contributed by atoms with Crippen molar-refractivity contribution in [1.29, 1.82) is 5.26 Å². The fraction of sp³-hybridized carbons (Fsp3) is 0.148. The van der Waals surface area contributed by atoms with Gasteiger partial charge in [0.1, 0.15) is 17.3 Å². The number of allylic oxidation sites excluding steroid dienone is 1. The number of ketones is 1. The summed E-state index contributed by atoms with van der Waals surface area (Å²) in [7, 11) is 0. The maximum absolute atomic E-state index is 13.9. The standard InChI is InChI=1S/C27H18Cl2N4O2/c28-16-12-17(29)14-18(13-16)33-22-8-5-9-23(34)24(22)27(19-6-1-2-7-21(19)31-26(27)35)20(15-30)25(33)32-10-3-4-11-32/h1-4,6-7,10-14H,5,8-9H2,(H,31,35). The predicted molar refractivity (Wildman–Crippen MR) is 135 cm³/mol. The van der Waals surface area contributed by atoms with Gasteiger partial charge in [0, 0.05) is 51.4 Å². The smallest absolute Gasteiger partial charge is 0.245 e. The lowest BCUT2D eigenvalue weighted by Crippen LogP contribution is -2.49. The van der Waals surface area contributed by atoms with Crippen LogP contribution in [0.25, 0.3) is 5.82 Å². The number of rotatable bonds is 2. The first kappa shape index (κ1) is 21.7. The summed E-state index contributed by atoms with van der Waals surface area (Å²) in [4.78, 5) is 29.4. The van der Waals surface area contributed by atoms with Crippen molar-refractivity contribution in [3.8, 4) is 6.07 Å². The SMILES string of the molecule is N#CC1=C(n2cccc2)N(c2cc(Cl)cc(Cl)c2)C2=C(C(=O)CCC2)C12C(=O)Nc1ccccc12. The van der Waals surface area contributed by atoms with E-state index in [0.717, 1.165) is 0 Å². The minimum Gasteiger partial charge on any atom is -0.324 e. The van der Waals surface area contributed by atoms with E-state index in [0.29, 0.717) is 63.3 Å². The molecule has 0 bridgehead atoms. The molecule has 2 aromatic carbocycles. The molecule has 1 N–H and O–H groups in total. The van der Waals surface area contributed by atoms with Gasteiger partial charge >= 0.3 is 0 Å². The molecule has 6 nitrogen and oxygen atoms in total. The Balaban J connectivity index is 1.79. The highest BCUT2D eigenvalue weighted by Crippen LogP contribution is 2.56. The number of anilines is 2. The van der Waals surface area contributed by atoms with E-state index < -0.39 is 11.3 Å². The van der Waals surface area contributed by atoms with Crippen LogP contribution in [0.5, 0.6) is 0 Å². The van der Waals surface area contributed by atoms with E-state index in [1.165, 1.54) is 0 Å². The Morgan fingerprint density at radius 3 is 2.40 bits per heavy atom. The summed E-state index contributed by atoms with van der Waals surface area (Å²) in [6.45, 7) is 0. The molecule has 1 spiro atoms. The van der Waals surface area contributed by atoms with Crippen LogP contribution < -0.4 is 10.2 Å². The molecular formula is C27H18Cl2N4O2. The molecule has 172 valence electrons. The summed E-state index contributed by atoms with van der Waals surface area (Å²) in [5.41, 5.74) is 1.46. The minimum atomic E-state index is -1.54. The predicted octanol–water partition coefficient (Wildman–Crippen LogP) is 5.90. The molecule has 0 fully saturated rings. The van der Waals surface area contributed by atoms with Crippen LogP contribution in [0.15, 0.2) is 83.8 Å². The average molecular weight is 501 g/mol. The average Bonchev–Trinajstić information content (AvgIpc) is 3.46. The number of hydrogen-bond acceptors (Lipinski definition) is 4. The summed E-state index contributed by atoms with van der Waals surface area (Å²) in [6, 6.07) is 18.4. The van der Waals surface area contributed by atoms with Crippen LogP contribution in [0.2, 0.25) is 10.0 Å². The third-order valence-electron chi connectivity index (χ3n) is 6.83. The molecule has 8 heteroatoms. The number of aromatic nitrogens is 1. The van der Waals surface area contributed by atoms with Gasteiger partial charge < -0.3 is 9.88 Å². The van der Waals surface area contributed by atoms with Crippen molar-refractivity contribution >= 4 is 52.1 Å². The second kappa shape index (κ2) is 7.88. The summed E-state index contributed by atoms with van der Waals surface area (Å²) < 4.78 is 1.80. The molecule has 3 aromatic rings. The van der Waals surface area contributed by atoms with Gasteiger partial charge in [-0.25, -0.2) is 0 Å². The van der Waals surface area contributed by atoms with Gasteiger partial charge in [0.2, 0.25) is 5.91 Å². The van der Waals surface area contributed by atoms with Crippen LogP contribution in [0, 0.1) is 11.3 Å². The van der Waals surface area contributed by atoms with E-state index in [1.54, 1.807) is 28.8 Å². The highest BCUT2D eigenvalue weighted by molar-refractivity contribution is 6.35. The van der Waals surface area contributed by atoms with E-state index in [2.05, 4.69) is 11.4 Å². The lowest BCUT2D eigenvalue weighted by atomic mass is 9.63. The maximum Gasteiger partial charge on any atom is 0.245 e. The Hall–Kier alpha value is -3.79. The minimum absolute atomic E-state index is 0.143. The van der Waals surface area contributed by atoms with E-state index in [9.17, 15) is 14.9 Å². The molecule has 6 rings (SSSR count). The summed E-state index contributed by atoms with van der Waals surface area (Å²) in [5, 5.41) is 14.4. The molecule has 3 heterocycles. The summed E-state index contributed by atoms with van der Waals surface area (Å²) in [6.07, 6.45) is 5.11. The van der Waals surface area contributed by atoms with E-state index in [-0.39, 0.29) is 11.4 Å². The number of nitrogens with one attached hydrogen (secondary N) is 1. The number of amides is 1. The molecular weight excluding hydrogens is 483 g/mol. The number of halogens is 2. The van der Waals surface area contributed by atoms with Crippen LogP contribution in [0.4, 0.5) is 11.4 Å². The summed E-state index contributed by atoms with van der Waals surface area (Å²) >= 11 is 12.8. The first-order valence-electron chi connectivity index (χ1n) is 11.2. The molecule has 1 amide bonds. The molecule has 0 saturated carbocycles. The Morgan fingerprint density at radius 1 is 0.971 bits per heavy atom. The number of fused-ring (bicyclic) bond motifs is 3. The quantitative estimate of drug-likeness (QED) is 0.474. The van der Waals surface area contributed by atoms with Gasteiger partial charge in [-0.2, -0.15) is 5.26 Å². The number of nitriles is 1. The number of nitrogens with zero attached hydrogens (tertiary/aromatic N) is 3. The molecule has 3 aliphatic rings. The van der Waals surface area contributed by atoms with Crippen LogP contribution in [-0.4, -0.2) is 16.3 Å². The van der Waals surface area contributed by atoms with Gasteiger partial charge in [0.15, 0.2) is 5.78 Å². The zero-order valence-electron chi connectivity index (χ0n) is 18.4. The lowest BCUT2D eigenvalue weighted by Gasteiger charge is -2.44. The van der Waals surface area contributed by atoms with Gasteiger partial charge in [0.05, 0.1) is 11.3 Å². The largest absolute Gasteiger partial charge is 0.324 e. The third-order valence-corrected chi connectivity index (χ3v) is 7.26. The topological polar surface area (TPSA) is 78.1 Å². The Bertz CT molecular complexity index is 1510. The highest BCUT2D eigenvalue weighted by Gasteiger charge is 2.60. The summed E-state index contributed by atoms with van der Waals surface area (Å²) in [5.74, 6) is -0.0712. The van der Waals surface area contributed by atoms with Crippen LogP contribution in [-0.2, 0) is 15.0 Å². The Kier molecular flexibility index (Phi) is 4.89. The van der Waals surface area contributed by atoms with E-state index >= 15 is 0 Å². The zero-order valence-corrected chi connectivity index (χ0v) is 19.9. The van der Waals surface area contributed by atoms with Crippen LogP contribution >= 0.6 is 23.2 Å². The molecule has 1 aliphatic carbocycles. The van der Waals surface area contributed by atoms with Gasteiger partial charge in [-0.15, -0.1) is 0 Å². The van der Waals surface area contributed by atoms with Crippen LogP contribution in [0.3, 0.4) is 0 Å². The third kappa shape index (κ3) is 2.95. The maximum atomic E-state index is 13.9. The number of carbonyl (C=O) groups is 2.